The Labute approximate surface area is 123 Å². The lowest BCUT2D eigenvalue weighted by Gasteiger charge is -2.10. The Kier molecular flexibility index (Phi) is 4.32. The molecule has 1 heterocycles. The summed E-state index contributed by atoms with van der Waals surface area (Å²) in [6.45, 7) is 0. The highest BCUT2D eigenvalue weighted by Crippen LogP contribution is 2.34. The van der Waals surface area contributed by atoms with Gasteiger partial charge < -0.3 is 10.6 Å². The maximum absolute atomic E-state index is 12.5. The molecule has 0 unspecified atom stereocenters. The summed E-state index contributed by atoms with van der Waals surface area (Å²) in [4.78, 5) is 3.58. The van der Waals surface area contributed by atoms with Gasteiger partial charge in [0.1, 0.15) is 10.8 Å². The van der Waals surface area contributed by atoms with Crippen LogP contribution in [-0.4, -0.2) is 11.2 Å². The zero-order valence-corrected chi connectivity index (χ0v) is 11.2. The number of aromatic nitrogens is 1. The molecule has 2 N–H and O–H groups in total. The number of nitrogens with zero attached hydrogens (tertiary/aromatic N) is 2. The lowest BCUT2D eigenvalue weighted by molar-refractivity contribution is -0.137. The first-order valence-electron chi connectivity index (χ1n) is 5.64. The molecule has 0 bridgehead atoms. The highest BCUT2D eigenvalue weighted by atomic mass is 35.5. The Bertz CT molecular complexity index is 657. The lowest BCUT2D eigenvalue weighted by atomic mass is 10.2. The molecule has 0 fully saturated rings. The highest BCUT2D eigenvalue weighted by molar-refractivity contribution is 6.31. The molecular weight excluding hydrogens is 307 g/mol. The third-order valence-electron chi connectivity index (χ3n) is 2.45. The lowest BCUT2D eigenvalue weighted by Crippen LogP contribution is -2.05. The van der Waals surface area contributed by atoms with E-state index in [2.05, 4.69) is 10.1 Å². The van der Waals surface area contributed by atoms with Crippen LogP contribution in [0, 0.1) is 0 Å². The maximum atomic E-state index is 12.5. The first kappa shape index (κ1) is 15.1. The fourth-order valence-corrected chi connectivity index (χ4v) is 1.68. The fraction of sp³-hybridized carbons (Fsp3) is 0.0769. The van der Waals surface area contributed by atoms with E-state index in [0.29, 0.717) is 11.9 Å². The van der Waals surface area contributed by atoms with E-state index >= 15 is 0 Å². The molecule has 0 aliphatic heterocycles. The zero-order valence-electron chi connectivity index (χ0n) is 10.4. The van der Waals surface area contributed by atoms with E-state index < -0.39 is 11.7 Å². The standard InChI is InChI=1S/C13H9ClF3N3O/c14-11-5-9(13(15,16)17)7-19-12(11)21-10-3-1-8(2-4-10)6-20-18/h1-7H,18H2. The van der Waals surface area contributed by atoms with Crippen molar-refractivity contribution in [1.29, 1.82) is 0 Å². The molecule has 0 saturated carbocycles. The van der Waals surface area contributed by atoms with Gasteiger partial charge in [-0.2, -0.15) is 18.3 Å². The van der Waals surface area contributed by atoms with E-state index in [1.807, 2.05) is 0 Å². The number of alkyl halides is 3. The predicted octanol–water partition coefficient (Wildman–Crippen LogP) is 3.84. The summed E-state index contributed by atoms with van der Waals surface area (Å²) in [6.07, 6.45) is -2.40. The van der Waals surface area contributed by atoms with Crippen molar-refractivity contribution in [2.75, 3.05) is 0 Å². The highest BCUT2D eigenvalue weighted by Gasteiger charge is 2.31. The van der Waals surface area contributed by atoms with E-state index in [1.165, 1.54) is 6.21 Å². The first-order valence-corrected chi connectivity index (χ1v) is 6.02. The normalized spacial score (nSPS) is 11.8. The van der Waals surface area contributed by atoms with Gasteiger partial charge in [-0.25, -0.2) is 4.98 Å². The van der Waals surface area contributed by atoms with Crippen molar-refractivity contribution in [1.82, 2.24) is 4.98 Å². The molecule has 0 amide bonds. The molecule has 8 heteroatoms. The second-order valence-corrected chi connectivity index (χ2v) is 4.37. The van der Waals surface area contributed by atoms with Gasteiger partial charge in [-0.3, -0.25) is 0 Å². The van der Waals surface area contributed by atoms with Gasteiger partial charge in [-0.1, -0.05) is 11.6 Å². The monoisotopic (exact) mass is 315 g/mol. The van der Waals surface area contributed by atoms with Crippen molar-refractivity contribution in [2.45, 2.75) is 6.18 Å². The van der Waals surface area contributed by atoms with Gasteiger partial charge >= 0.3 is 6.18 Å². The van der Waals surface area contributed by atoms with Crippen LogP contribution in [0.2, 0.25) is 5.02 Å². The van der Waals surface area contributed by atoms with Crippen molar-refractivity contribution in [3.8, 4) is 11.6 Å². The minimum Gasteiger partial charge on any atom is -0.438 e. The van der Waals surface area contributed by atoms with Crippen LogP contribution in [0.4, 0.5) is 13.2 Å². The minimum absolute atomic E-state index is 0.107. The van der Waals surface area contributed by atoms with E-state index in [0.717, 1.165) is 11.6 Å². The number of benzene rings is 1. The fourth-order valence-electron chi connectivity index (χ4n) is 1.48. The zero-order chi connectivity index (χ0) is 15.5. The molecule has 0 radical (unpaired) electrons. The summed E-state index contributed by atoms with van der Waals surface area (Å²) in [5, 5.41) is 3.14. The van der Waals surface area contributed by atoms with Gasteiger partial charge in [-0.15, -0.1) is 0 Å². The molecule has 21 heavy (non-hydrogen) atoms. The van der Waals surface area contributed by atoms with Crippen LogP contribution in [0.15, 0.2) is 41.6 Å². The molecule has 0 spiro atoms. The van der Waals surface area contributed by atoms with Gasteiger partial charge in [0, 0.05) is 6.20 Å². The largest absolute Gasteiger partial charge is 0.438 e. The summed E-state index contributed by atoms with van der Waals surface area (Å²) >= 11 is 5.74. The quantitative estimate of drug-likeness (QED) is 0.532. The summed E-state index contributed by atoms with van der Waals surface area (Å²) in [5.41, 5.74) is -0.189. The Hall–Kier alpha value is -2.28. The van der Waals surface area contributed by atoms with E-state index in [-0.39, 0.29) is 10.9 Å². The molecule has 4 nitrogen and oxygen atoms in total. The number of hydrogen-bond acceptors (Lipinski definition) is 4. The van der Waals surface area contributed by atoms with E-state index in [1.54, 1.807) is 24.3 Å². The number of ether oxygens (including phenoxy) is 1. The van der Waals surface area contributed by atoms with Gasteiger partial charge in [0.25, 0.3) is 0 Å². The first-order chi connectivity index (χ1) is 9.90. The Balaban J connectivity index is 2.20. The Morgan fingerprint density at radius 2 is 1.90 bits per heavy atom. The maximum Gasteiger partial charge on any atom is 0.417 e. The van der Waals surface area contributed by atoms with Gasteiger partial charge in [0.2, 0.25) is 5.88 Å². The smallest absolute Gasteiger partial charge is 0.417 e. The van der Waals surface area contributed by atoms with E-state index in [4.69, 9.17) is 22.2 Å². The topological polar surface area (TPSA) is 60.5 Å². The van der Waals surface area contributed by atoms with Crippen molar-refractivity contribution < 1.29 is 17.9 Å². The van der Waals surface area contributed by atoms with Crippen LogP contribution in [0.5, 0.6) is 11.6 Å². The number of rotatable bonds is 3. The summed E-state index contributed by atoms with van der Waals surface area (Å²) in [6, 6.07) is 7.28. The molecule has 1 aromatic heterocycles. The molecular formula is C13H9ClF3N3O. The summed E-state index contributed by atoms with van der Waals surface area (Å²) in [7, 11) is 0. The summed E-state index contributed by atoms with van der Waals surface area (Å²) in [5.74, 6) is 5.28. The van der Waals surface area contributed by atoms with Crippen LogP contribution in [0.25, 0.3) is 0 Å². The molecule has 0 aliphatic carbocycles. The Morgan fingerprint density at radius 3 is 2.43 bits per heavy atom. The van der Waals surface area contributed by atoms with Crippen molar-refractivity contribution in [2.24, 2.45) is 10.9 Å². The third-order valence-corrected chi connectivity index (χ3v) is 2.72. The number of hydrogen-bond donors (Lipinski definition) is 1. The van der Waals surface area contributed by atoms with Crippen molar-refractivity contribution in [3.63, 3.8) is 0 Å². The number of nitrogens with two attached hydrogens (primary N) is 1. The molecule has 1 aromatic carbocycles. The van der Waals surface area contributed by atoms with Crippen LogP contribution in [0.3, 0.4) is 0 Å². The average molecular weight is 316 g/mol. The van der Waals surface area contributed by atoms with E-state index in [9.17, 15) is 13.2 Å². The summed E-state index contributed by atoms with van der Waals surface area (Å²) < 4.78 is 42.8. The molecule has 110 valence electrons. The molecule has 0 atom stereocenters. The van der Waals surface area contributed by atoms with Crippen molar-refractivity contribution in [3.05, 3.63) is 52.7 Å². The average Bonchev–Trinajstić information content (AvgIpc) is 2.42. The van der Waals surface area contributed by atoms with Crippen LogP contribution < -0.4 is 10.6 Å². The third kappa shape index (κ3) is 3.85. The predicted molar refractivity (Wildman–Crippen MR) is 72.5 cm³/mol. The number of hydrazone groups is 1. The molecule has 0 aliphatic rings. The SMILES string of the molecule is NN=Cc1ccc(Oc2ncc(C(F)(F)F)cc2Cl)cc1. The minimum atomic E-state index is -4.50. The van der Waals surface area contributed by atoms with Crippen LogP contribution >= 0.6 is 11.6 Å². The number of halogens is 4. The van der Waals surface area contributed by atoms with Gasteiger partial charge in [0.05, 0.1) is 11.8 Å². The van der Waals surface area contributed by atoms with Crippen LogP contribution in [0.1, 0.15) is 11.1 Å². The number of pyridine rings is 1. The molecule has 0 saturated heterocycles. The van der Waals surface area contributed by atoms with Gasteiger partial charge in [0.15, 0.2) is 0 Å². The second-order valence-electron chi connectivity index (χ2n) is 3.96. The Morgan fingerprint density at radius 1 is 1.24 bits per heavy atom. The van der Waals surface area contributed by atoms with Crippen molar-refractivity contribution >= 4 is 17.8 Å². The van der Waals surface area contributed by atoms with Crippen LogP contribution in [-0.2, 0) is 6.18 Å². The molecule has 2 aromatic rings. The second kappa shape index (κ2) is 6.01. The molecule has 2 rings (SSSR count). The van der Waals surface area contributed by atoms with Gasteiger partial charge in [-0.05, 0) is 35.9 Å².